The molecule has 1 N–H and O–H groups in total. The zero-order valence-corrected chi connectivity index (χ0v) is 15.3. The number of rotatable bonds is 10. The van der Waals surface area contributed by atoms with Crippen LogP contribution in [0.4, 0.5) is 0 Å². The number of carboxylic acids is 1. The Hall–Kier alpha value is -1.02. The van der Waals surface area contributed by atoms with Gasteiger partial charge in [0.15, 0.2) is 0 Å². The maximum Gasteiger partial charge on any atom is 0.303 e. The lowest BCUT2D eigenvalue weighted by Crippen LogP contribution is -1.93. The van der Waals surface area contributed by atoms with Gasteiger partial charge in [-0.15, -0.1) is 11.8 Å². The standard InChI is InChI=1S/C19H25IO2/c20-18-15-13-17(14-16-18)11-9-7-5-3-1-2-4-6-8-10-12-19(21)22/h13-16H,1-2,4,6-12H2,(H,21,22). The van der Waals surface area contributed by atoms with Gasteiger partial charge >= 0.3 is 5.97 Å². The molecule has 0 unspecified atom stereocenters. The van der Waals surface area contributed by atoms with Crippen LogP contribution in [0.25, 0.3) is 0 Å². The number of aliphatic carboxylic acids is 1. The van der Waals surface area contributed by atoms with Crippen LogP contribution in [0.15, 0.2) is 24.3 Å². The molecule has 0 amide bonds. The van der Waals surface area contributed by atoms with Crippen LogP contribution in [0, 0.1) is 15.4 Å². The van der Waals surface area contributed by atoms with Crippen molar-refractivity contribution in [3.05, 3.63) is 33.4 Å². The fourth-order valence-electron chi connectivity index (χ4n) is 2.23. The molecule has 0 bridgehead atoms. The van der Waals surface area contributed by atoms with Gasteiger partial charge in [0.05, 0.1) is 0 Å². The Bertz CT molecular complexity index is 482. The topological polar surface area (TPSA) is 37.3 Å². The van der Waals surface area contributed by atoms with Gasteiger partial charge in [0.1, 0.15) is 0 Å². The third-order valence-electron chi connectivity index (χ3n) is 3.50. The zero-order chi connectivity index (χ0) is 16.0. The lowest BCUT2D eigenvalue weighted by molar-refractivity contribution is -0.137. The van der Waals surface area contributed by atoms with E-state index in [1.165, 1.54) is 9.13 Å². The van der Waals surface area contributed by atoms with E-state index in [4.69, 9.17) is 5.11 Å². The van der Waals surface area contributed by atoms with Crippen LogP contribution in [0.3, 0.4) is 0 Å². The van der Waals surface area contributed by atoms with E-state index in [1.54, 1.807) is 0 Å². The van der Waals surface area contributed by atoms with E-state index in [-0.39, 0.29) is 0 Å². The molecule has 0 aliphatic carbocycles. The third kappa shape index (κ3) is 10.7. The minimum atomic E-state index is -0.684. The zero-order valence-electron chi connectivity index (χ0n) is 13.1. The summed E-state index contributed by atoms with van der Waals surface area (Å²) in [5.41, 5.74) is 1.39. The molecular formula is C19H25IO2. The number of aryl methyl sites for hydroxylation is 1. The normalized spacial score (nSPS) is 10.0. The summed E-state index contributed by atoms with van der Waals surface area (Å²) >= 11 is 2.32. The van der Waals surface area contributed by atoms with E-state index in [2.05, 4.69) is 58.7 Å². The Morgan fingerprint density at radius 3 is 2.18 bits per heavy atom. The van der Waals surface area contributed by atoms with Crippen molar-refractivity contribution in [1.82, 2.24) is 0 Å². The molecule has 120 valence electrons. The summed E-state index contributed by atoms with van der Waals surface area (Å²) in [4.78, 5) is 10.3. The second-order valence-corrected chi connectivity index (χ2v) is 6.74. The van der Waals surface area contributed by atoms with Crippen molar-refractivity contribution in [1.29, 1.82) is 0 Å². The number of unbranched alkanes of at least 4 members (excludes halogenated alkanes) is 6. The molecule has 1 aromatic rings. The van der Waals surface area contributed by atoms with E-state index in [9.17, 15) is 4.79 Å². The van der Waals surface area contributed by atoms with Crippen molar-refractivity contribution >= 4 is 28.6 Å². The highest BCUT2D eigenvalue weighted by atomic mass is 127. The number of carboxylic acid groups (broad SMARTS) is 1. The number of hydrogen-bond donors (Lipinski definition) is 1. The second kappa shape index (κ2) is 12.5. The average molecular weight is 412 g/mol. The van der Waals surface area contributed by atoms with E-state index in [0.29, 0.717) is 6.42 Å². The molecule has 0 fully saturated rings. The SMILES string of the molecule is O=C(O)CCCCCCCC#CCCCc1ccc(I)cc1. The summed E-state index contributed by atoms with van der Waals surface area (Å²) in [5.74, 6) is 5.82. The Morgan fingerprint density at radius 2 is 1.50 bits per heavy atom. The molecule has 0 aliphatic heterocycles. The van der Waals surface area contributed by atoms with Crippen molar-refractivity contribution < 1.29 is 9.90 Å². The van der Waals surface area contributed by atoms with Gasteiger partial charge in [-0.25, -0.2) is 0 Å². The monoisotopic (exact) mass is 412 g/mol. The highest BCUT2D eigenvalue weighted by molar-refractivity contribution is 14.1. The Kier molecular flexibility index (Phi) is 10.8. The largest absolute Gasteiger partial charge is 0.481 e. The molecule has 3 heteroatoms. The van der Waals surface area contributed by atoms with Crippen LogP contribution in [0.1, 0.15) is 63.4 Å². The van der Waals surface area contributed by atoms with Crippen LogP contribution in [0.2, 0.25) is 0 Å². The third-order valence-corrected chi connectivity index (χ3v) is 4.22. The van der Waals surface area contributed by atoms with E-state index < -0.39 is 5.97 Å². The maximum atomic E-state index is 10.3. The van der Waals surface area contributed by atoms with Crippen LogP contribution in [0.5, 0.6) is 0 Å². The smallest absolute Gasteiger partial charge is 0.303 e. The van der Waals surface area contributed by atoms with E-state index in [0.717, 1.165) is 57.8 Å². The molecule has 0 heterocycles. The minimum absolute atomic E-state index is 0.306. The Balaban J connectivity index is 1.93. The van der Waals surface area contributed by atoms with Crippen molar-refractivity contribution in [2.75, 3.05) is 0 Å². The van der Waals surface area contributed by atoms with Gasteiger partial charge in [-0.1, -0.05) is 31.4 Å². The molecule has 2 nitrogen and oxygen atoms in total. The quantitative estimate of drug-likeness (QED) is 0.316. The fourth-order valence-corrected chi connectivity index (χ4v) is 2.59. The fraction of sp³-hybridized carbons (Fsp3) is 0.526. The van der Waals surface area contributed by atoms with Gasteiger partial charge in [-0.05, 0) is 66.0 Å². The minimum Gasteiger partial charge on any atom is -0.481 e. The van der Waals surface area contributed by atoms with E-state index in [1.807, 2.05) is 0 Å². The van der Waals surface area contributed by atoms with Crippen molar-refractivity contribution in [2.45, 2.75) is 64.2 Å². The number of halogens is 1. The van der Waals surface area contributed by atoms with Crippen molar-refractivity contribution in [2.24, 2.45) is 0 Å². The summed E-state index contributed by atoms with van der Waals surface area (Å²) in [6.45, 7) is 0. The highest BCUT2D eigenvalue weighted by Gasteiger charge is 1.96. The van der Waals surface area contributed by atoms with Crippen LogP contribution in [-0.4, -0.2) is 11.1 Å². The summed E-state index contributed by atoms with van der Waals surface area (Å²) in [7, 11) is 0. The Labute approximate surface area is 147 Å². The molecule has 1 aromatic carbocycles. The number of benzene rings is 1. The first-order valence-corrected chi connectivity index (χ1v) is 9.18. The number of hydrogen-bond acceptors (Lipinski definition) is 1. The summed E-state index contributed by atoms with van der Waals surface area (Å²) in [6, 6.07) is 8.69. The lowest BCUT2D eigenvalue weighted by Gasteiger charge is -1.99. The predicted octanol–water partition coefficient (Wildman–Crippen LogP) is 5.43. The first-order valence-electron chi connectivity index (χ1n) is 8.10. The first-order chi connectivity index (χ1) is 10.7. The van der Waals surface area contributed by atoms with Gasteiger partial charge in [-0.3, -0.25) is 4.79 Å². The number of carbonyl (C=O) groups is 1. The predicted molar refractivity (Wildman–Crippen MR) is 99.8 cm³/mol. The highest BCUT2D eigenvalue weighted by Crippen LogP contribution is 2.09. The van der Waals surface area contributed by atoms with Crippen LogP contribution >= 0.6 is 22.6 Å². The second-order valence-electron chi connectivity index (χ2n) is 5.50. The summed E-state index contributed by atoms with van der Waals surface area (Å²) in [6.07, 6.45) is 9.75. The molecule has 1 rings (SSSR count). The van der Waals surface area contributed by atoms with Gasteiger partial charge in [0, 0.05) is 22.8 Å². The van der Waals surface area contributed by atoms with Gasteiger partial charge in [0.25, 0.3) is 0 Å². The molecule has 22 heavy (non-hydrogen) atoms. The molecule has 0 radical (unpaired) electrons. The lowest BCUT2D eigenvalue weighted by atomic mass is 10.1. The average Bonchev–Trinajstić information content (AvgIpc) is 2.50. The first kappa shape index (κ1) is 19.0. The van der Waals surface area contributed by atoms with Crippen molar-refractivity contribution in [3.8, 4) is 11.8 Å². The molecule has 0 saturated carbocycles. The van der Waals surface area contributed by atoms with Gasteiger partial charge in [0.2, 0.25) is 0 Å². The van der Waals surface area contributed by atoms with Gasteiger partial charge in [-0.2, -0.15) is 0 Å². The maximum absolute atomic E-state index is 10.3. The van der Waals surface area contributed by atoms with E-state index >= 15 is 0 Å². The molecule has 0 atom stereocenters. The molecular weight excluding hydrogens is 387 g/mol. The van der Waals surface area contributed by atoms with Crippen LogP contribution in [-0.2, 0) is 11.2 Å². The molecule has 0 aliphatic rings. The summed E-state index contributed by atoms with van der Waals surface area (Å²) < 4.78 is 1.28. The molecule has 0 spiro atoms. The van der Waals surface area contributed by atoms with Crippen LogP contribution < -0.4 is 0 Å². The molecule has 0 aromatic heterocycles. The van der Waals surface area contributed by atoms with Crippen molar-refractivity contribution in [3.63, 3.8) is 0 Å². The summed E-state index contributed by atoms with van der Waals surface area (Å²) in [5, 5.41) is 8.52. The Morgan fingerprint density at radius 1 is 0.909 bits per heavy atom. The molecule has 0 saturated heterocycles. The van der Waals surface area contributed by atoms with Gasteiger partial charge < -0.3 is 5.11 Å².